The summed E-state index contributed by atoms with van der Waals surface area (Å²) in [6.07, 6.45) is 14.1. The Morgan fingerprint density at radius 2 is 1.70 bits per heavy atom. The van der Waals surface area contributed by atoms with E-state index in [9.17, 15) is 9.59 Å². The van der Waals surface area contributed by atoms with E-state index in [2.05, 4.69) is 24.7 Å². The molecule has 0 aromatic heterocycles. The second-order valence-corrected chi connectivity index (χ2v) is 8.40. The summed E-state index contributed by atoms with van der Waals surface area (Å²) >= 11 is 1.68. The van der Waals surface area contributed by atoms with Crippen LogP contribution in [0.3, 0.4) is 0 Å². The van der Waals surface area contributed by atoms with Gasteiger partial charge in [-0.1, -0.05) is 86.5 Å². The summed E-state index contributed by atoms with van der Waals surface area (Å²) < 4.78 is 0. The second-order valence-electron chi connectivity index (χ2n) is 7.31. The van der Waals surface area contributed by atoms with Gasteiger partial charge in [0.1, 0.15) is 5.71 Å². The van der Waals surface area contributed by atoms with Crippen molar-refractivity contribution in [1.29, 1.82) is 0 Å². The molecule has 0 aliphatic rings. The number of benzene rings is 2. The van der Waals surface area contributed by atoms with E-state index in [-0.39, 0.29) is 11.5 Å². The third-order valence-corrected chi connectivity index (χ3v) is 5.70. The number of ketones is 1. The summed E-state index contributed by atoms with van der Waals surface area (Å²) in [6.45, 7) is 5.77. The Hall–Kier alpha value is -3.18. The molecule has 0 atom stereocenters. The lowest BCUT2D eigenvalue weighted by molar-refractivity contribution is 0.0514. The highest BCUT2D eigenvalue weighted by atomic mass is 32.2. The van der Waals surface area contributed by atoms with Crippen molar-refractivity contribution in [3.05, 3.63) is 103 Å². The van der Waals surface area contributed by atoms with Crippen LogP contribution in [0.25, 0.3) is 0 Å². The number of Topliss-reactive ketones (excluding diaryl/α,β-unsaturated/α-hetero) is 1. The number of rotatable bonds is 14. The summed E-state index contributed by atoms with van der Waals surface area (Å²) in [5.41, 5.74) is 1.20. The van der Waals surface area contributed by atoms with E-state index in [0.717, 1.165) is 36.3 Å². The van der Waals surface area contributed by atoms with Crippen molar-refractivity contribution in [3.63, 3.8) is 0 Å². The van der Waals surface area contributed by atoms with Gasteiger partial charge in [0, 0.05) is 16.2 Å². The number of unbranched alkanes of at least 4 members (excludes halogenated alkanes) is 3. The molecule has 0 fully saturated rings. The third-order valence-electron chi connectivity index (χ3n) is 4.73. The van der Waals surface area contributed by atoms with E-state index >= 15 is 0 Å². The van der Waals surface area contributed by atoms with Crippen LogP contribution >= 0.6 is 11.8 Å². The minimum absolute atomic E-state index is 0.210. The van der Waals surface area contributed by atoms with Crippen LogP contribution < -0.4 is 0 Å². The predicted molar refractivity (Wildman–Crippen MR) is 138 cm³/mol. The highest BCUT2D eigenvalue weighted by Gasteiger charge is 2.16. The van der Waals surface area contributed by atoms with Crippen molar-refractivity contribution < 1.29 is 14.4 Å². The van der Waals surface area contributed by atoms with E-state index in [1.54, 1.807) is 54.2 Å². The molecule has 4 nitrogen and oxygen atoms in total. The smallest absolute Gasteiger partial charge is 0.312 e. The van der Waals surface area contributed by atoms with E-state index in [1.807, 2.05) is 36.4 Å². The van der Waals surface area contributed by atoms with Crippen LogP contribution in [0.5, 0.6) is 0 Å². The zero-order chi connectivity index (χ0) is 23.7. The summed E-state index contributed by atoms with van der Waals surface area (Å²) in [5, 5.41) is 3.97. The van der Waals surface area contributed by atoms with Gasteiger partial charge in [-0.2, -0.15) is 0 Å². The van der Waals surface area contributed by atoms with Gasteiger partial charge in [-0.05, 0) is 49.2 Å². The van der Waals surface area contributed by atoms with Crippen molar-refractivity contribution in [2.24, 2.45) is 5.16 Å². The Morgan fingerprint density at radius 3 is 2.39 bits per heavy atom. The molecule has 0 N–H and O–H groups in total. The average molecular weight is 462 g/mol. The van der Waals surface area contributed by atoms with E-state index in [1.165, 1.54) is 0 Å². The van der Waals surface area contributed by atoms with Crippen LogP contribution in [0.2, 0.25) is 0 Å². The summed E-state index contributed by atoms with van der Waals surface area (Å²) in [4.78, 5) is 31.5. The molecule has 0 saturated carbocycles. The van der Waals surface area contributed by atoms with Crippen LogP contribution in [-0.2, 0) is 4.84 Å². The van der Waals surface area contributed by atoms with Crippen molar-refractivity contribution >= 4 is 29.2 Å². The average Bonchev–Trinajstić information content (AvgIpc) is 2.86. The van der Waals surface area contributed by atoms with Crippen molar-refractivity contribution in [3.8, 4) is 0 Å². The molecule has 0 bridgehead atoms. The maximum atomic E-state index is 13.1. The zero-order valence-corrected chi connectivity index (χ0v) is 19.9. The lowest BCUT2D eigenvalue weighted by Gasteiger charge is -2.07. The van der Waals surface area contributed by atoms with Crippen LogP contribution in [0.4, 0.5) is 0 Å². The molecular formula is C28H31NO3S. The third kappa shape index (κ3) is 9.87. The van der Waals surface area contributed by atoms with Crippen molar-refractivity contribution in [2.45, 2.75) is 43.9 Å². The molecule has 33 heavy (non-hydrogen) atoms. The van der Waals surface area contributed by atoms with Gasteiger partial charge in [0.05, 0.1) is 5.56 Å². The molecule has 0 heterocycles. The number of carbonyl (C=O) groups is 2. The van der Waals surface area contributed by atoms with Gasteiger partial charge in [0.2, 0.25) is 5.78 Å². The maximum Gasteiger partial charge on any atom is 0.365 e. The number of nitrogens with zero attached hydrogens (tertiary/aromatic N) is 1. The molecule has 5 heteroatoms. The topological polar surface area (TPSA) is 55.7 Å². The van der Waals surface area contributed by atoms with E-state index in [0.29, 0.717) is 17.5 Å². The van der Waals surface area contributed by atoms with Crippen molar-refractivity contribution in [2.75, 3.05) is 5.75 Å². The first-order valence-electron chi connectivity index (χ1n) is 11.2. The fraction of sp³-hybridized carbons (Fsp3) is 0.250. The lowest BCUT2D eigenvalue weighted by Crippen LogP contribution is -2.16. The van der Waals surface area contributed by atoms with Crippen LogP contribution in [0, 0.1) is 0 Å². The molecule has 0 spiro atoms. The highest BCUT2D eigenvalue weighted by Crippen LogP contribution is 2.19. The van der Waals surface area contributed by atoms with Gasteiger partial charge in [0.25, 0.3) is 0 Å². The molecule has 172 valence electrons. The molecule has 0 amide bonds. The molecule has 0 unspecified atom stereocenters. The number of carbonyl (C=O) groups excluding carboxylic acids is 2. The quantitative estimate of drug-likeness (QED) is 0.0558. The Kier molecular flexibility index (Phi) is 12.3. The summed E-state index contributed by atoms with van der Waals surface area (Å²) in [7, 11) is 0. The van der Waals surface area contributed by atoms with Gasteiger partial charge < -0.3 is 4.84 Å². The van der Waals surface area contributed by atoms with Gasteiger partial charge in [-0.3, -0.25) is 4.79 Å². The van der Waals surface area contributed by atoms with Crippen molar-refractivity contribution in [1.82, 2.24) is 0 Å². The van der Waals surface area contributed by atoms with Gasteiger partial charge >= 0.3 is 5.97 Å². The van der Waals surface area contributed by atoms with Gasteiger partial charge in [-0.15, -0.1) is 11.8 Å². The molecular weight excluding hydrogens is 430 g/mol. The normalized spacial score (nSPS) is 11.7. The summed E-state index contributed by atoms with van der Waals surface area (Å²) in [6, 6.07) is 16.1. The second kappa shape index (κ2) is 15.6. The fourth-order valence-corrected chi connectivity index (χ4v) is 3.66. The molecule has 2 aromatic rings. The fourth-order valence-electron chi connectivity index (χ4n) is 2.93. The number of hydrogen-bond acceptors (Lipinski definition) is 5. The Bertz CT molecular complexity index is 976. The number of oxime groups is 1. The van der Waals surface area contributed by atoms with E-state index in [4.69, 9.17) is 4.84 Å². The maximum absolute atomic E-state index is 13.1. The number of allylic oxidation sites excluding steroid dienone is 4. The van der Waals surface area contributed by atoms with Gasteiger partial charge in [0.15, 0.2) is 0 Å². The monoisotopic (exact) mass is 461 g/mol. The minimum atomic E-state index is -0.572. The largest absolute Gasteiger partial charge is 0.365 e. The Balaban J connectivity index is 2.04. The minimum Gasteiger partial charge on any atom is -0.312 e. The van der Waals surface area contributed by atoms with Crippen LogP contribution in [0.15, 0.2) is 102 Å². The first-order chi connectivity index (χ1) is 16.2. The standard InChI is InChI=1S/C28H31NO3S/c1-3-5-7-9-14-22-33-25-20-18-23(19-21-25)27(30)26(17-13-8-6-4-2)29-32-28(31)24-15-11-10-12-16-24/h3,5,7,9-12,14-16,18-21H,1,4,6,8,13,17,22H2,2H3/b7-5-,14-9-,29-26-. The lowest BCUT2D eigenvalue weighted by atomic mass is 10.0. The predicted octanol–water partition coefficient (Wildman–Crippen LogP) is 7.44. The molecule has 0 aliphatic carbocycles. The van der Waals surface area contributed by atoms with Crippen LogP contribution in [-0.4, -0.2) is 23.2 Å². The number of hydrogen-bond donors (Lipinski definition) is 0. The zero-order valence-electron chi connectivity index (χ0n) is 19.1. The Labute approximate surface area is 201 Å². The number of thioether (sulfide) groups is 1. The highest BCUT2D eigenvalue weighted by molar-refractivity contribution is 7.99. The van der Waals surface area contributed by atoms with Crippen LogP contribution in [0.1, 0.15) is 59.7 Å². The van der Waals surface area contributed by atoms with E-state index < -0.39 is 5.97 Å². The molecule has 0 radical (unpaired) electrons. The first-order valence-corrected chi connectivity index (χ1v) is 12.2. The summed E-state index contributed by atoms with van der Waals surface area (Å²) in [5.74, 6) is 0.0458. The molecule has 2 aromatic carbocycles. The molecule has 0 saturated heterocycles. The Morgan fingerprint density at radius 1 is 0.939 bits per heavy atom. The molecule has 2 rings (SSSR count). The van der Waals surface area contributed by atoms with Gasteiger partial charge in [-0.25, -0.2) is 4.79 Å². The molecule has 0 aliphatic heterocycles. The first kappa shape index (κ1) is 26.1. The SMILES string of the molecule is C=C/C=C\C=C/CSc1ccc(C(=O)/C(CCCCCC)=N\OC(=O)c2ccccc2)cc1.